The molecule has 0 N–H and O–H groups in total. The number of hydrogen-bond acceptors (Lipinski definition) is 7. The summed E-state index contributed by atoms with van der Waals surface area (Å²) in [4.78, 5) is 25.6. The van der Waals surface area contributed by atoms with E-state index in [2.05, 4.69) is 19.8 Å². The molecule has 0 aliphatic carbocycles. The number of hydrogen-bond donors (Lipinski definition) is 0. The lowest BCUT2D eigenvalue weighted by Crippen LogP contribution is -2.47. The van der Waals surface area contributed by atoms with E-state index in [9.17, 15) is 10.1 Å². The normalized spacial score (nSPS) is 14.5. The van der Waals surface area contributed by atoms with Crippen LogP contribution in [0.2, 0.25) is 5.02 Å². The highest BCUT2D eigenvalue weighted by Gasteiger charge is 2.23. The number of halogens is 1. The molecule has 0 spiro atoms. The molecule has 0 radical (unpaired) electrons. The number of benzene rings is 1. The van der Waals surface area contributed by atoms with Crippen molar-refractivity contribution in [2.24, 2.45) is 0 Å². The number of nitro benzene ring substituents is 1. The number of nitro groups is 1. The van der Waals surface area contributed by atoms with Crippen LogP contribution in [0.25, 0.3) is 0 Å². The lowest BCUT2D eigenvalue weighted by Gasteiger charge is -2.37. The van der Waals surface area contributed by atoms with E-state index in [0.717, 1.165) is 43.2 Å². The van der Waals surface area contributed by atoms with Crippen molar-refractivity contribution in [3.05, 3.63) is 45.1 Å². The second-order valence-corrected chi connectivity index (χ2v) is 6.84. The van der Waals surface area contributed by atoms with Gasteiger partial charge in [-0.3, -0.25) is 10.1 Å². The summed E-state index contributed by atoms with van der Waals surface area (Å²) in [5, 5.41) is 11.4. The van der Waals surface area contributed by atoms with Gasteiger partial charge in [0.1, 0.15) is 5.82 Å². The van der Waals surface area contributed by atoms with Crippen LogP contribution in [0.5, 0.6) is 0 Å². The van der Waals surface area contributed by atoms with E-state index in [1.807, 2.05) is 32.0 Å². The monoisotopic (exact) mass is 376 g/mol. The molecule has 1 aliphatic rings. The van der Waals surface area contributed by atoms with Crippen molar-refractivity contribution in [3.63, 3.8) is 0 Å². The Morgan fingerprint density at radius 2 is 1.85 bits per heavy atom. The third-order valence-corrected chi connectivity index (χ3v) is 4.69. The molecule has 26 heavy (non-hydrogen) atoms. The molecule has 1 fully saturated rings. The van der Waals surface area contributed by atoms with Crippen molar-refractivity contribution in [2.45, 2.75) is 6.92 Å². The molecular formula is C17H21ClN6O2. The Hall–Kier alpha value is -2.61. The molecule has 9 heteroatoms. The predicted molar refractivity (Wildman–Crippen MR) is 104 cm³/mol. The summed E-state index contributed by atoms with van der Waals surface area (Å²) < 4.78 is 0. The topological polar surface area (TPSA) is 78.6 Å². The molecule has 0 amide bonds. The Morgan fingerprint density at radius 3 is 2.42 bits per heavy atom. The minimum atomic E-state index is -0.419. The average molecular weight is 377 g/mol. The summed E-state index contributed by atoms with van der Waals surface area (Å²) in [7, 11) is 3.83. The van der Waals surface area contributed by atoms with Gasteiger partial charge in [0.2, 0.25) is 5.95 Å². The Labute approximate surface area is 157 Å². The lowest BCUT2D eigenvalue weighted by molar-refractivity contribution is -0.384. The minimum absolute atomic E-state index is 0.0205. The van der Waals surface area contributed by atoms with Gasteiger partial charge in [0.25, 0.3) is 5.69 Å². The van der Waals surface area contributed by atoms with Crippen molar-refractivity contribution < 1.29 is 4.92 Å². The first kappa shape index (κ1) is 18.2. The third kappa shape index (κ3) is 3.65. The zero-order chi connectivity index (χ0) is 18.8. The molecule has 2 aromatic rings. The molecule has 1 aliphatic heterocycles. The average Bonchev–Trinajstić information content (AvgIpc) is 2.61. The summed E-state index contributed by atoms with van der Waals surface area (Å²) in [5.41, 5.74) is 1.70. The molecule has 0 unspecified atom stereocenters. The smallest absolute Gasteiger partial charge is 0.271 e. The predicted octanol–water partition coefficient (Wildman–Crippen LogP) is 2.74. The van der Waals surface area contributed by atoms with Gasteiger partial charge in [0.05, 0.1) is 15.6 Å². The van der Waals surface area contributed by atoms with E-state index in [1.54, 1.807) is 12.3 Å². The van der Waals surface area contributed by atoms with Gasteiger partial charge in [-0.2, -0.15) is 4.98 Å². The maximum Gasteiger partial charge on any atom is 0.271 e. The summed E-state index contributed by atoms with van der Waals surface area (Å²) in [6.45, 7) is 4.96. The maximum atomic E-state index is 11.0. The van der Waals surface area contributed by atoms with Crippen molar-refractivity contribution in [1.82, 2.24) is 9.97 Å². The van der Waals surface area contributed by atoms with Gasteiger partial charge in [-0.15, -0.1) is 0 Å². The fraction of sp³-hybridized carbons (Fsp3) is 0.412. The number of rotatable bonds is 4. The number of non-ortho nitro benzene ring substituents is 1. The molecule has 1 aromatic heterocycles. The van der Waals surface area contributed by atoms with E-state index < -0.39 is 4.92 Å². The van der Waals surface area contributed by atoms with Gasteiger partial charge >= 0.3 is 0 Å². The summed E-state index contributed by atoms with van der Waals surface area (Å²) >= 11 is 6.34. The van der Waals surface area contributed by atoms with E-state index in [1.165, 1.54) is 6.07 Å². The lowest BCUT2D eigenvalue weighted by atomic mass is 10.1. The number of aryl methyl sites for hydroxylation is 1. The fourth-order valence-corrected chi connectivity index (χ4v) is 3.49. The Balaban J connectivity index is 1.75. The van der Waals surface area contributed by atoms with Gasteiger partial charge in [-0.25, -0.2) is 4.98 Å². The van der Waals surface area contributed by atoms with E-state index in [4.69, 9.17) is 11.6 Å². The molecular weight excluding hydrogens is 356 g/mol. The molecule has 8 nitrogen and oxygen atoms in total. The fourth-order valence-electron chi connectivity index (χ4n) is 3.11. The zero-order valence-electron chi connectivity index (χ0n) is 15.0. The zero-order valence-corrected chi connectivity index (χ0v) is 15.8. The Morgan fingerprint density at radius 1 is 1.19 bits per heavy atom. The van der Waals surface area contributed by atoms with Crippen LogP contribution >= 0.6 is 11.6 Å². The largest absolute Gasteiger partial charge is 0.367 e. The van der Waals surface area contributed by atoms with E-state index in [-0.39, 0.29) is 5.69 Å². The standard InChI is InChI=1S/C17H21ClN6O2/c1-12-10-13(24(25)26)11-14(18)16(12)23-8-6-22(7-9-23)15-4-5-19-17(20-15)21(2)3/h4-5,10-11H,6-9H2,1-3H3. The third-order valence-electron chi connectivity index (χ3n) is 4.40. The SMILES string of the molecule is Cc1cc([N+](=O)[O-])cc(Cl)c1N1CCN(c2ccnc(N(C)C)n2)CC1. The Bertz CT molecular complexity index is 798. The maximum absolute atomic E-state index is 11.0. The van der Waals surface area contributed by atoms with Gasteiger partial charge in [0, 0.05) is 58.6 Å². The molecule has 1 aromatic carbocycles. The van der Waals surface area contributed by atoms with Crippen molar-refractivity contribution in [1.29, 1.82) is 0 Å². The van der Waals surface area contributed by atoms with Crippen LogP contribution in [0.1, 0.15) is 5.56 Å². The Kier molecular flexibility index (Phi) is 5.13. The van der Waals surface area contributed by atoms with Crippen molar-refractivity contribution in [2.75, 3.05) is 55.0 Å². The second-order valence-electron chi connectivity index (χ2n) is 6.43. The van der Waals surface area contributed by atoms with Crippen LogP contribution in [-0.4, -0.2) is 55.2 Å². The summed E-state index contributed by atoms with van der Waals surface area (Å²) in [6, 6.07) is 4.90. The van der Waals surface area contributed by atoms with Gasteiger partial charge in [-0.1, -0.05) is 11.6 Å². The molecule has 2 heterocycles. The number of piperazine rings is 1. The van der Waals surface area contributed by atoms with Crippen LogP contribution in [0.4, 0.5) is 23.1 Å². The van der Waals surface area contributed by atoms with Crippen LogP contribution < -0.4 is 14.7 Å². The number of nitrogens with zero attached hydrogens (tertiary/aromatic N) is 6. The first-order valence-corrected chi connectivity index (χ1v) is 8.69. The molecule has 3 rings (SSSR count). The molecule has 0 saturated carbocycles. The minimum Gasteiger partial charge on any atom is -0.367 e. The molecule has 0 atom stereocenters. The highest BCUT2D eigenvalue weighted by atomic mass is 35.5. The second kappa shape index (κ2) is 7.33. The molecule has 1 saturated heterocycles. The van der Waals surface area contributed by atoms with Gasteiger partial charge in [0.15, 0.2) is 0 Å². The van der Waals surface area contributed by atoms with Crippen LogP contribution in [-0.2, 0) is 0 Å². The highest BCUT2D eigenvalue weighted by molar-refractivity contribution is 6.33. The first-order valence-electron chi connectivity index (χ1n) is 8.31. The quantitative estimate of drug-likeness (QED) is 0.599. The van der Waals surface area contributed by atoms with Crippen LogP contribution in [0.3, 0.4) is 0 Å². The molecule has 0 bridgehead atoms. The highest BCUT2D eigenvalue weighted by Crippen LogP contribution is 2.34. The van der Waals surface area contributed by atoms with Gasteiger partial charge < -0.3 is 14.7 Å². The van der Waals surface area contributed by atoms with Crippen LogP contribution in [0, 0.1) is 17.0 Å². The number of anilines is 3. The van der Waals surface area contributed by atoms with Crippen molar-refractivity contribution in [3.8, 4) is 0 Å². The summed E-state index contributed by atoms with van der Waals surface area (Å²) in [5.74, 6) is 1.58. The van der Waals surface area contributed by atoms with Crippen molar-refractivity contribution >= 4 is 34.7 Å². The van der Waals surface area contributed by atoms with E-state index >= 15 is 0 Å². The summed E-state index contributed by atoms with van der Waals surface area (Å²) in [6.07, 6.45) is 1.77. The van der Waals surface area contributed by atoms with Crippen LogP contribution in [0.15, 0.2) is 24.4 Å². The first-order chi connectivity index (χ1) is 12.4. The van der Waals surface area contributed by atoms with E-state index in [0.29, 0.717) is 11.0 Å². The number of aromatic nitrogens is 2. The van der Waals surface area contributed by atoms with Gasteiger partial charge in [-0.05, 0) is 18.6 Å². The molecule has 138 valence electrons.